The Morgan fingerprint density at radius 3 is 2.71 bits per heavy atom. The lowest BCUT2D eigenvalue weighted by Gasteiger charge is -2.20. The van der Waals surface area contributed by atoms with Crippen LogP contribution >= 0.6 is 12.4 Å². The number of rotatable bonds is 2. The molecule has 2 heterocycles. The fourth-order valence-electron chi connectivity index (χ4n) is 2.48. The van der Waals surface area contributed by atoms with Gasteiger partial charge in [-0.25, -0.2) is 8.78 Å². The van der Waals surface area contributed by atoms with Crippen LogP contribution < -0.4 is 5.32 Å². The van der Waals surface area contributed by atoms with Crippen molar-refractivity contribution in [2.45, 2.75) is 38.2 Å². The van der Waals surface area contributed by atoms with Crippen LogP contribution in [0.1, 0.15) is 26.2 Å². The second-order valence-electron chi connectivity index (χ2n) is 4.84. The predicted molar refractivity (Wildman–Crippen MR) is 63.6 cm³/mol. The van der Waals surface area contributed by atoms with Gasteiger partial charge < -0.3 is 4.90 Å². The minimum absolute atomic E-state index is 0. The van der Waals surface area contributed by atoms with Gasteiger partial charge in [-0.3, -0.25) is 10.1 Å². The number of nitrogens with zero attached hydrogens (tertiary/aromatic N) is 1. The Balaban J connectivity index is 0.00000144. The van der Waals surface area contributed by atoms with E-state index in [1.807, 2.05) is 0 Å². The molecule has 6 heteroatoms. The molecule has 2 fully saturated rings. The van der Waals surface area contributed by atoms with Crippen LogP contribution in [0.5, 0.6) is 0 Å². The minimum atomic E-state index is -2.72. The summed E-state index contributed by atoms with van der Waals surface area (Å²) in [4.78, 5) is 13.7. The molecule has 0 aromatic rings. The molecule has 2 atom stereocenters. The Hall–Kier alpha value is -0.420. The SMILES string of the molecule is CCC1CCN(C(=O)C2CC(F)(F)CN2)C1.Cl. The van der Waals surface area contributed by atoms with Crippen molar-refractivity contribution < 1.29 is 13.6 Å². The molecule has 0 aromatic carbocycles. The van der Waals surface area contributed by atoms with E-state index in [1.165, 1.54) is 0 Å². The van der Waals surface area contributed by atoms with Crippen molar-refractivity contribution >= 4 is 18.3 Å². The lowest BCUT2D eigenvalue weighted by atomic mass is 10.1. The maximum atomic E-state index is 13.0. The largest absolute Gasteiger partial charge is 0.341 e. The van der Waals surface area contributed by atoms with Gasteiger partial charge in [0.15, 0.2) is 0 Å². The summed E-state index contributed by atoms with van der Waals surface area (Å²) in [6.07, 6.45) is 1.71. The molecule has 100 valence electrons. The van der Waals surface area contributed by atoms with Crippen molar-refractivity contribution in [2.75, 3.05) is 19.6 Å². The number of carbonyl (C=O) groups excluding carboxylic acids is 1. The van der Waals surface area contributed by atoms with Crippen molar-refractivity contribution in [1.82, 2.24) is 10.2 Å². The quantitative estimate of drug-likeness (QED) is 0.826. The van der Waals surface area contributed by atoms with Crippen LogP contribution in [-0.4, -0.2) is 42.4 Å². The Labute approximate surface area is 106 Å². The standard InChI is InChI=1S/C11H18F2N2O.ClH/c1-2-8-3-4-15(6-8)10(16)9-5-11(12,13)7-14-9;/h8-9,14H,2-7H2,1H3;1H. The molecule has 0 bridgehead atoms. The van der Waals surface area contributed by atoms with Crippen molar-refractivity contribution in [3.05, 3.63) is 0 Å². The molecule has 1 N–H and O–H groups in total. The number of nitrogens with one attached hydrogen (secondary N) is 1. The number of amides is 1. The number of hydrogen-bond acceptors (Lipinski definition) is 2. The van der Waals surface area contributed by atoms with Gasteiger partial charge in [-0.05, 0) is 12.3 Å². The maximum absolute atomic E-state index is 13.0. The lowest BCUT2D eigenvalue weighted by Crippen LogP contribution is -2.42. The third-order valence-corrected chi connectivity index (χ3v) is 3.58. The topological polar surface area (TPSA) is 32.3 Å². The molecule has 17 heavy (non-hydrogen) atoms. The summed E-state index contributed by atoms with van der Waals surface area (Å²) in [7, 11) is 0. The predicted octanol–water partition coefficient (Wildman–Crippen LogP) is 1.66. The number of hydrogen-bond donors (Lipinski definition) is 1. The summed E-state index contributed by atoms with van der Waals surface area (Å²) in [6.45, 7) is 3.19. The highest BCUT2D eigenvalue weighted by Crippen LogP contribution is 2.27. The molecule has 2 aliphatic heterocycles. The molecule has 2 unspecified atom stereocenters. The summed E-state index contributed by atoms with van der Waals surface area (Å²) >= 11 is 0. The molecular formula is C11H19ClF2N2O. The molecule has 2 rings (SSSR count). The van der Waals surface area contributed by atoms with Gasteiger partial charge in [0, 0.05) is 19.5 Å². The smallest absolute Gasteiger partial charge is 0.262 e. The summed E-state index contributed by atoms with van der Waals surface area (Å²) in [5, 5.41) is 2.62. The van der Waals surface area contributed by atoms with Crippen molar-refractivity contribution in [3.8, 4) is 0 Å². The fraction of sp³-hybridized carbons (Fsp3) is 0.909. The third kappa shape index (κ3) is 3.28. The first-order valence-electron chi connectivity index (χ1n) is 5.92. The molecule has 3 nitrogen and oxygen atoms in total. The zero-order valence-corrected chi connectivity index (χ0v) is 10.7. The van der Waals surface area contributed by atoms with Gasteiger partial charge in [-0.2, -0.15) is 0 Å². The van der Waals surface area contributed by atoms with Gasteiger partial charge in [0.2, 0.25) is 5.91 Å². The molecule has 1 amide bonds. The van der Waals surface area contributed by atoms with Crippen molar-refractivity contribution in [3.63, 3.8) is 0 Å². The zero-order chi connectivity index (χ0) is 11.8. The lowest BCUT2D eigenvalue weighted by molar-refractivity contribution is -0.132. The van der Waals surface area contributed by atoms with E-state index in [0.717, 1.165) is 25.9 Å². The van der Waals surface area contributed by atoms with Crippen LogP contribution in [0.3, 0.4) is 0 Å². The fourth-order valence-corrected chi connectivity index (χ4v) is 2.48. The van der Waals surface area contributed by atoms with Crippen LogP contribution in [-0.2, 0) is 4.79 Å². The monoisotopic (exact) mass is 268 g/mol. The summed E-state index contributed by atoms with van der Waals surface area (Å²) < 4.78 is 25.9. The highest BCUT2D eigenvalue weighted by atomic mass is 35.5. The Morgan fingerprint density at radius 2 is 2.24 bits per heavy atom. The van der Waals surface area contributed by atoms with Crippen LogP contribution in [0.15, 0.2) is 0 Å². The van der Waals surface area contributed by atoms with E-state index in [9.17, 15) is 13.6 Å². The van der Waals surface area contributed by atoms with Crippen LogP contribution in [0.25, 0.3) is 0 Å². The van der Waals surface area contributed by atoms with Gasteiger partial charge in [-0.1, -0.05) is 13.3 Å². The van der Waals surface area contributed by atoms with E-state index in [2.05, 4.69) is 12.2 Å². The summed E-state index contributed by atoms with van der Waals surface area (Å²) in [5.74, 6) is -2.32. The number of halogens is 3. The highest BCUT2D eigenvalue weighted by molar-refractivity contribution is 5.85. The second kappa shape index (κ2) is 5.48. The van der Waals surface area contributed by atoms with Crippen molar-refractivity contribution in [2.24, 2.45) is 5.92 Å². The molecule has 0 aliphatic carbocycles. The first-order chi connectivity index (χ1) is 7.52. The third-order valence-electron chi connectivity index (χ3n) is 3.58. The molecule has 0 aromatic heterocycles. The Bertz CT molecular complexity index is 289. The second-order valence-corrected chi connectivity index (χ2v) is 4.84. The van der Waals surface area contributed by atoms with Crippen LogP contribution in [0.2, 0.25) is 0 Å². The van der Waals surface area contributed by atoms with Crippen LogP contribution in [0, 0.1) is 5.92 Å². The number of alkyl halides is 2. The van der Waals surface area contributed by atoms with Crippen molar-refractivity contribution in [1.29, 1.82) is 0 Å². The van der Waals surface area contributed by atoms with E-state index in [1.54, 1.807) is 4.90 Å². The van der Waals surface area contributed by atoms with Gasteiger partial charge >= 0.3 is 0 Å². The summed E-state index contributed by atoms with van der Waals surface area (Å²) in [5.41, 5.74) is 0. The highest BCUT2D eigenvalue weighted by Gasteiger charge is 2.44. The van der Waals surface area contributed by atoms with Gasteiger partial charge in [0.05, 0.1) is 12.6 Å². The Morgan fingerprint density at radius 1 is 1.53 bits per heavy atom. The van der Waals surface area contributed by atoms with Gasteiger partial charge in [0.1, 0.15) is 0 Å². The molecule has 0 saturated carbocycles. The van der Waals surface area contributed by atoms with Gasteiger partial charge in [0.25, 0.3) is 5.92 Å². The van der Waals surface area contributed by atoms with Gasteiger partial charge in [-0.15, -0.1) is 12.4 Å². The van der Waals surface area contributed by atoms with E-state index in [-0.39, 0.29) is 31.3 Å². The summed E-state index contributed by atoms with van der Waals surface area (Å²) in [6, 6.07) is -0.675. The number of carbonyl (C=O) groups is 1. The first kappa shape index (κ1) is 14.6. The average Bonchev–Trinajstić information content (AvgIpc) is 2.83. The zero-order valence-electron chi connectivity index (χ0n) is 9.92. The maximum Gasteiger partial charge on any atom is 0.262 e. The minimum Gasteiger partial charge on any atom is -0.341 e. The number of likely N-dealkylation sites (tertiary alicyclic amines) is 1. The van der Waals surface area contributed by atoms with E-state index < -0.39 is 12.0 Å². The normalized spacial score (nSPS) is 31.4. The Kier molecular flexibility index (Phi) is 4.72. The van der Waals surface area contributed by atoms with E-state index >= 15 is 0 Å². The average molecular weight is 269 g/mol. The van der Waals surface area contributed by atoms with Crippen LogP contribution in [0.4, 0.5) is 8.78 Å². The molecule has 0 radical (unpaired) electrons. The molecule has 2 aliphatic rings. The van der Waals surface area contributed by atoms with E-state index in [4.69, 9.17) is 0 Å². The molecular weight excluding hydrogens is 250 g/mol. The molecule has 0 spiro atoms. The van der Waals surface area contributed by atoms with E-state index in [0.29, 0.717) is 5.92 Å². The molecule has 2 saturated heterocycles. The first-order valence-corrected chi connectivity index (χ1v) is 5.92.